The van der Waals surface area contributed by atoms with E-state index in [2.05, 4.69) is 5.32 Å². The normalized spacial score (nSPS) is 20.4. The summed E-state index contributed by atoms with van der Waals surface area (Å²) in [4.78, 5) is 30.8. The molecule has 1 aromatic carbocycles. The predicted octanol–water partition coefficient (Wildman–Crippen LogP) is 3.39. The summed E-state index contributed by atoms with van der Waals surface area (Å²) in [7, 11) is 0. The van der Waals surface area contributed by atoms with E-state index < -0.39 is 17.3 Å². The lowest BCUT2D eigenvalue weighted by Gasteiger charge is -2.38. The standard InChI is InChI=1S/C21H29F3N4O2/c1-14(2)20(15(3)4)18(29)28(19(30)25-20)13-26-8-10-27(11-9-26)17-7-5-6-16(12-17)21(22,23)24/h5-7,12,14-15H,8-11,13H2,1-4H3,(H,25,30). The zero-order chi connectivity index (χ0) is 22.3. The number of halogens is 3. The van der Waals surface area contributed by atoms with Crippen molar-refractivity contribution in [2.45, 2.75) is 39.4 Å². The molecule has 2 fully saturated rings. The maximum atomic E-state index is 13.1. The van der Waals surface area contributed by atoms with E-state index in [1.54, 1.807) is 6.07 Å². The maximum Gasteiger partial charge on any atom is 0.416 e. The van der Waals surface area contributed by atoms with E-state index in [9.17, 15) is 22.8 Å². The van der Waals surface area contributed by atoms with E-state index in [0.717, 1.165) is 12.1 Å². The number of carbonyl (C=O) groups excluding carboxylic acids is 2. The minimum absolute atomic E-state index is 0.0447. The van der Waals surface area contributed by atoms with Crippen LogP contribution in [-0.2, 0) is 11.0 Å². The van der Waals surface area contributed by atoms with E-state index in [1.807, 2.05) is 37.5 Å². The van der Waals surface area contributed by atoms with Crippen molar-refractivity contribution in [1.29, 1.82) is 0 Å². The zero-order valence-corrected chi connectivity index (χ0v) is 17.8. The first-order valence-corrected chi connectivity index (χ1v) is 10.3. The summed E-state index contributed by atoms with van der Waals surface area (Å²) in [5, 5.41) is 2.90. The number of rotatable bonds is 5. The number of benzene rings is 1. The Hall–Kier alpha value is -2.29. The van der Waals surface area contributed by atoms with E-state index in [-0.39, 0.29) is 30.4 Å². The lowest BCUT2D eigenvalue weighted by molar-refractivity contribution is -0.137. The number of piperazine rings is 1. The van der Waals surface area contributed by atoms with Gasteiger partial charge in [0.05, 0.1) is 12.2 Å². The molecule has 0 radical (unpaired) electrons. The maximum absolute atomic E-state index is 13.1. The molecule has 0 aliphatic carbocycles. The Bertz CT molecular complexity index is 794. The fraction of sp³-hybridized carbons (Fsp3) is 0.619. The second kappa shape index (κ2) is 8.09. The van der Waals surface area contributed by atoms with Crippen molar-refractivity contribution < 1.29 is 22.8 Å². The predicted molar refractivity (Wildman–Crippen MR) is 108 cm³/mol. The SMILES string of the molecule is CC(C)C1(C(C)C)NC(=O)N(CN2CCN(c3cccc(C(F)(F)F)c3)CC2)C1=O. The number of nitrogens with one attached hydrogen (secondary N) is 1. The minimum Gasteiger partial charge on any atom is -0.369 e. The average Bonchev–Trinajstić information content (AvgIpc) is 2.94. The van der Waals surface area contributed by atoms with Crippen LogP contribution in [0, 0.1) is 11.8 Å². The summed E-state index contributed by atoms with van der Waals surface area (Å²) in [6, 6.07) is 4.92. The number of nitrogens with zero attached hydrogens (tertiary/aromatic N) is 3. The number of imide groups is 1. The number of alkyl halides is 3. The van der Waals surface area contributed by atoms with Crippen molar-refractivity contribution in [2.75, 3.05) is 37.7 Å². The van der Waals surface area contributed by atoms with Crippen molar-refractivity contribution in [3.63, 3.8) is 0 Å². The molecule has 0 atom stereocenters. The van der Waals surface area contributed by atoms with Gasteiger partial charge in [-0.2, -0.15) is 13.2 Å². The smallest absolute Gasteiger partial charge is 0.369 e. The van der Waals surface area contributed by atoms with Crippen molar-refractivity contribution in [1.82, 2.24) is 15.1 Å². The van der Waals surface area contributed by atoms with Crippen LogP contribution in [0.3, 0.4) is 0 Å². The highest BCUT2D eigenvalue weighted by molar-refractivity contribution is 6.07. The Kier molecular flexibility index (Phi) is 6.04. The van der Waals surface area contributed by atoms with Gasteiger partial charge < -0.3 is 10.2 Å². The summed E-state index contributed by atoms with van der Waals surface area (Å²) < 4.78 is 38.9. The number of hydrogen-bond acceptors (Lipinski definition) is 4. The highest BCUT2D eigenvalue weighted by atomic mass is 19.4. The molecule has 6 nitrogen and oxygen atoms in total. The van der Waals surface area contributed by atoms with E-state index in [0.29, 0.717) is 31.9 Å². The van der Waals surface area contributed by atoms with Crippen LogP contribution in [0.2, 0.25) is 0 Å². The molecule has 1 N–H and O–H groups in total. The fourth-order valence-electron chi connectivity index (χ4n) is 4.42. The van der Waals surface area contributed by atoms with Gasteiger partial charge in [-0.05, 0) is 30.0 Å². The molecule has 2 aliphatic rings. The Morgan fingerprint density at radius 1 is 1.03 bits per heavy atom. The number of anilines is 1. The summed E-state index contributed by atoms with van der Waals surface area (Å²) >= 11 is 0. The van der Waals surface area contributed by atoms with Crippen LogP contribution in [0.4, 0.5) is 23.7 Å². The van der Waals surface area contributed by atoms with Crippen LogP contribution >= 0.6 is 0 Å². The van der Waals surface area contributed by atoms with Gasteiger partial charge in [0.1, 0.15) is 5.54 Å². The van der Waals surface area contributed by atoms with Gasteiger partial charge in [-0.1, -0.05) is 33.8 Å². The van der Waals surface area contributed by atoms with Gasteiger partial charge >= 0.3 is 12.2 Å². The van der Waals surface area contributed by atoms with Crippen molar-refractivity contribution >= 4 is 17.6 Å². The van der Waals surface area contributed by atoms with E-state index >= 15 is 0 Å². The molecule has 0 bridgehead atoms. The van der Waals surface area contributed by atoms with Crippen molar-refractivity contribution in [3.8, 4) is 0 Å². The van der Waals surface area contributed by atoms with Crippen LogP contribution in [0.25, 0.3) is 0 Å². The van der Waals surface area contributed by atoms with Crippen LogP contribution < -0.4 is 10.2 Å². The first-order chi connectivity index (χ1) is 14.0. The summed E-state index contributed by atoms with van der Waals surface area (Å²) in [5.41, 5.74) is -1.05. The van der Waals surface area contributed by atoms with E-state index in [1.165, 1.54) is 11.0 Å². The Labute approximate surface area is 175 Å². The molecule has 0 aromatic heterocycles. The van der Waals surface area contributed by atoms with Crippen molar-refractivity contribution in [2.24, 2.45) is 11.8 Å². The first kappa shape index (κ1) is 22.4. The van der Waals surface area contributed by atoms with Gasteiger partial charge in [-0.3, -0.25) is 9.69 Å². The summed E-state index contributed by atoms with van der Waals surface area (Å²) in [6.07, 6.45) is -4.37. The van der Waals surface area contributed by atoms with Gasteiger partial charge in [0.2, 0.25) is 0 Å². The summed E-state index contributed by atoms with van der Waals surface area (Å²) in [6.45, 7) is 10.0. The van der Waals surface area contributed by atoms with Crippen LogP contribution in [0.15, 0.2) is 24.3 Å². The third-order valence-electron chi connectivity index (χ3n) is 6.23. The molecule has 2 saturated heterocycles. The Balaban J connectivity index is 1.64. The highest BCUT2D eigenvalue weighted by Crippen LogP contribution is 2.34. The molecule has 2 aliphatic heterocycles. The average molecular weight is 426 g/mol. The molecular weight excluding hydrogens is 397 g/mol. The zero-order valence-electron chi connectivity index (χ0n) is 17.8. The molecule has 9 heteroatoms. The monoisotopic (exact) mass is 426 g/mol. The quantitative estimate of drug-likeness (QED) is 0.734. The molecule has 2 heterocycles. The molecule has 30 heavy (non-hydrogen) atoms. The van der Waals surface area contributed by atoms with Crippen LogP contribution in [0.5, 0.6) is 0 Å². The fourth-order valence-corrected chi connectivity index (χ4v) is 4.42. The molecule has 0 spiro atoms. The molecule has 0 saturated carbocycles. The van der Waals surface area contributed by atoms with Crippen LogP contribution in [-0.4, -0.2) is 60.1 Å². The summed E-state index contributed by atoms with van der Waals surface area (Å²) in [5.74, 6) is -0.300. The molecule has 0 unspecified atom stereocenters. The van der Waals surface area contributed by atoms with Crippen molar-refractivity contribution in [3.05, 3.63) is 29.8 Å². The van der Waals surface area contributed by atoms with E-state index in [4.69, 9.17) is 0 Å². The lowest BCUT2D eigenvalue weighted by atomic mass is 9.77. The third-order valence-corrected chi connectivity index (χ3v) is 6.23. The largest absolute Gasteiger partial charge is 0.416 e. The first-order valence-electron chi connectivity index (χ1n) is 10.3. The number of carbonyl (C=O) groups is 2. The molecule has 3 amide bonds. The topological polar surface area (TPSA) is 55.9 Å². The van der Waals surface area contributed by atoms with Gasteiger partial charge in [0.15, 0.2) is 0 Å². The molecule has 3 rings (SSSR count). The molecular formula is C21H29F3N4O2. The lowest BCUT2D eigenvalue weighted by Crippen LogP contribution is -2.56. The molecule has 166 valence electrons. The minimum atomic E-state index is -4.37. The molecule has 1 aromatic rings. The third kappa shape index (κ3) is 3.99. The van der Waals surface area contributed by atoms with Gasteiger partial charge in [0, 0.05) is 31.9 Å². The van der Waals surface area contributed by atoms with Gasteiger partial charge in [-0.25, -0.2) is 9.69 Å². The number of amides is 3. The highest BCUT2D eigenvalue weighted by Gasteiger charge is 2.55. The Morgan fingerprint density at radius 3 is 2.13 bits per heavy atom. The van der Waals surface area contributed by atoms with Gasteiger partial charge in [0.25, 0.3) is 5.91 Å². The second-order valence-electron chi connectivity index (χ2n) is 8.64. The Morgan fingerprint density at radius 2 is 1.63 bits per heavy atom. The second-order valence-corrected chi connectivity index (χ2v) is 8.64. The number of hydrogen-bond donors (Lipinski definition) is 1. The van der Waals surface area contributed by atoms with Gasteiger partial charge in [-0.15, -0.1) is 0 Å². The van der Waals surface area contributed by atoms with Crippen LogP contribution in [0.1, 0.15) is 33.3 Å². The number of urea groups is 1.